The molecular formula is C25H17F2N7O2. The quantitative estimate of drug-likeness (QED) is 0.385. The Hall–Kier alpha value is -4.85. The van der Waals surface area contributed by atoms with Crippen molar-refractivity contribution in [1.29, 1.82) is 5.26 Å². The minimum atomic E-state index is -1.21. The van der Waals surface area contributed by atoms with E-state index in [9.17, 15) is 23.9 Å². The largest absolute Gasteiger partial charge is 0.478 e. The number of aromatic amines is 1. The van der Waals surface area contributed by atoms with E-state index in [-0.39, 0.29) is 17.2 Å². The fourth-order valence-electron chi connectivity index (χ4n) is 4.77. The Balaban J connectivity index is 1.43. The van der Waals surface area contributed by atoms with Crippen molar-refractivity contribution >= 4 is 28.5 Å². The third-order valence-electron chi connectivity index (χ3n) is 6.45. The monoisotopic (exact) mass is 485 g/mol. The Morgan fingerprint density at radius 2 is 2.06 bits per heavy atom. The highest BCUT2D eigenvalue weighted by Gasteiger charge is 2.30. The van der Waals surface area contributed by atoms with Crippen molar-refractivity contribution in [1.82, 2.24) is 24.6 Å². The van der Waals surface area contributed by atoms with Crippen LogP contribution >= 0.6 is 0 Å². The Morgan fingerprint density at radius 1 is 1.19 bits per heavy atom. The number of nitrogens with one attached hydrogen (secondary N) is 1. The second kappa shape index (κ2) is 8.13. The minimum absolute atomic E-state index is 0.0120. The Labute approximate surface area is 202 Å². The molecule has 0 saturated carbocycles. The number of hydrogen-bond donors (Lipinski definition) is 2. The van der Waals surface area contributed by atoms with Crippen molar-refractivity contribution in [3.63, 3.8) is 0 Å². The van der Waals surface area contributed by atoms with Crippen molar-refractivity contribution < 1.29 is 18.7 Å². The van der Waals surface area contributed by atoms with Crippen LogP contribution in [0.2, 0.25) is 0 Å². The van der Waals surface area contributed by atoms with Crippen molar-refractivity contribution in [3.05, 3.63) is 77.1 Å². The van der Waals surface area contributed by atoms with Gasteiger partial charge >= 0.3 is 5.97 Å². The third kappa shape index (κ3) is 3.42. The van der Waals surface area contributed by atoms with Crippen LogP contribution in [0.3, 0.4) is 0 Å². The van der Waals surface area contributed by atoms with Gasteiger partial charge in [-0.25, -0.2) is 28.1 Å². The molecular weight excluding hydrogens is 468 g/mol. The van der Waals surface area contributed by atoms with Crippen LogP contribution in [0.25, 0.3) is 28.1 Å². The number of halogens is 2. The highest BCUT2D eigenvalue weighted by molar-refractivity contribution is 5.96. The summed E-state index contributed by atoms with van der Waals surface area (Å²) in [6.07, 6.45) is 4.78. The lowest BCUT2D eigenvalue weighted by Crippen LogP contribution is -2.24. The molecule has 1 fully saturated rings. The Bertz CT molecular complexity index is 1720. The number of anilines is 1. The maximum Gasteiger partial charge on any atom is 0.337 e. The molecule has 0 aliphatic carbocycles. The van der Waals surface area contributed by atoms with Crippen LogP contribution in [0.4, 0.5) is 14.6 Å². The molecule has 6 rings (SSSR count). The smallest absolute Gasteiger partial charge is 0.337 e. The van der Waals surface area contributed by atoms with Crippen molar-refractivity contribution in [2.75, 3.05) is 11.4 Å². The average molecular weight is 485 g/mol. The van der Waals surface area contributed by atoms with Crippen LogP contribution in [0.5, 0.6) is 0 Å². The van der Waals surface area contributed by atoms with Crippen molar-refractivity contribution in [2.24, 2.45) is 0 Å². The lowest BCUT2D eigenvalue weighted by molar-refractivity contribution is 0.0696. The topological polar surface area (TPSA) is 123 Å². The molecule has 36 heavy (non-hydrogen) atoms. The predicted molar refractivity (Wildman–Crippen MR) is 125 cm³/mol. The summed E-state index contributed by atoms with van der Waals surface area (Å²) in [6.45, 7) is 0.632. The molecule has 1 saturated heterocycles. The zero-order valence-corrected chi connectivity index (χ0v) is 18.6. The van der Waals surface area contributed by atoms with Gasteiger partial charge in [-0.05, 0) is 49.2 Å². The summed E-state index contributed by atoms with van der Waals surface area (Å²) in [7, 11) is 0. The molecule has 0 amide bonds. The van der Waals surface area contributed by atoms with E-state index in [0.29, 0.717) is 52.4 Å². The number of benzene rings is 2. The van der Waals surface area contributed by atoms with E-state index in [4.69, 9.17) is 4.98 Å². The van der Waals surface area contributed by atoms with E-state index in [0.717, 1.165) is 18.6 Å². The average Bonchev–Trinajstić information content (AvgIpc) is 3.61. The van der Waals surface area contributed by atoms with Gasteiger partial charge in [0.2, 0.25) is 0 Å². The SMILES string of the molecule is N#Cc1cc2nc(-c3cnn4ccc(N5CCC[C@@H]5c5cc(F)ccc5F)nc34)[nH]c2cc1C(=O)O. The van der Waals surface area contributed by atoms with E-state index in [2.05, 4.69) is 15.1 Å². The molecule has 178 valence electrons. The van der Waals surface area contributed by atoms with Crippen LogP contribution in [0.15, 0.2) is 48.8 Å². The molecule has 2 N–H and O–H groups in total. The van der Waals surface area contributed by atoms with Crippen LogP contribution in [0.1, 0.15) is 40.4 Å². The van der Waals surface area contributed by atoms with Crippen molar-refractivity contribution in [2.45, 2.75) is 18.9 Å². The second-order valence-corrected chi connectivity index (χ2v) is 8.55. The first-order chi connectivity index (χ1) is 17.4. The summed E-state index contributed by atoms with van der Waals surface area (Å²) in [5, 5.41) is 23.0. The number of carboxylic acids is 1. The molecule has 1 atom stereocenters. The Kier molecular flexibility index (Phi) is 4.89. The first-order valence-corrected chi connectivity index (χ1v) is 11.2. The summed E-state index contributed by atoms with van der Waals surface area (Å²) < 4.78 is 30.0. The van der Waals surface area contributed by atoms with Gasteiger partial charge in [0.25, 0.3) is 0 Å². The fourth-order valence-corrected chi connectivity index (χ4v) is 4.77. The van der Waals surface area contributed by atoms with E-state index in [1.807, 2.05) is 11.0 Å². The summed E-state index contributed by atoms with van der Waals surface area (Å²) in [5.41, 5.74) is 2.12. The fraction of sp³-hybridized carbons (Fsp3) is 0.160. The predicted octanol–water partition coefficient (Wildman–Crippen LogP) is 4.46. The number of imidazole rings is 1. The zero-order valence-electron chi connectivity index (χ0n) is 18.6. The molecule has 11 heteroatoms. The second-order valence-electron chi connectivity index (χ2n) is 8.55. The number of hydrogen-bond acceptors (Lipinski definition) is 6. The first kappa shape index (κ1) is 21.7. The molecule has 9 nitrogen and oxygen atoms in total. The number of nitriles is 1. The zero-order chi connectivity index (χ0) is 25.0. The maximum absolute atomic E-state index is 14.5. The lowest BCUT2D eigenvalue weighted by atomic mass is 10.0. The van der Waals surface area contributed by atoms with Crippen LogP contribution in [-0.4, -0.2) is 42.2 Å². The lowest BCUT2D eigenvalue weighted by Gasteiger charge is -2.26. The van der Waals surface area contributed by atoms with Crippen LogP contribution < -0.4 is 4.90 Å². The minimum Gasteiger partial charge on any atom is -0.478 e. The molecule has 2 aromatic carbocycles. The van der Waals surface area contributed by atoms with E-state index in [1.54, 1.807) is 23.0 Å². The van der Waals surface area contributed by atoms with Gasteiger partial charge in [-0.1, -0.05) is 0 Å². The summed E-state index contributed by atoms with van der Waals surface area (Å²) in [4.78, 5) is 25.9. The standard InChI is InChI=1S/C25H17F2N7O2/c26-14-3-4-18(27)16(9-14)21-2-1-6-33(21)22-5-7-34-24(32-22)17(12-29-34)23-30-19-8-13(11-28)15(25(35)36)10-20(19)31-23/h3-5,7-10,12,21H,1-2,6H2,(H,30,31)(H,35,36)/t21-/m1/s1. The van der Waals surface area contributed by atoms with Gasteiger partial charge in [0.05, 0.1) is 40.0 Å². The number of H-pyrrole nitrogens is 1. The Morgan fingerprint density at radius 3 is 2.86 bits per heavy atom. The number of rotatable bonds is 4. The van der Waals surface area contributed by atoms with E-state index < -0.39 is 17.6 Å². The highest BCUT2D eigenvalue weighted by Crippen LogP contribution is 2.37. The highest BCUT2D eigenvalue weighted by atomic mass is 19.1. The van der Waals surface area contributed by atoms with Crippen LogP contribution in [-0.2, 0) is 0 Å². The van der Waals surface area contributed by atoms with Gasteiger partial charge in [-0.3, -0.25) is 0 Å². The van der Waals surface area contributed by atoms with Gasteiger partial charge in [0.15, 0.2) is 5.65 Å². The molecule has 0 radical (unpaired) electrons. The molecule has 1 aliphatic rings. The van der Waals surface area contributed by atoms with Gasteiger partial charge in [-0.2, -0.15) is 10.4 Å². The van der Waals surface area contributed by atoms with Crippen LogP contribution in [0, 0.1) is 23.0 Å². The van der Waals surface area contributed by atoms with Crippen molar-refractivity contribution in [3.8, 4) is 17.5 Å². The number of fused-ring (bicyclic) bond motifs is 2. The molecule has 0 unspecified atom stereocenters. The molecule has 0 spiro atoms. The van der Waals surface area contributed by atoms with E-state index in [1.165, 1.54) is 18.2 Å². The summed E-state index contributed by atoms with van der Waals surface area (Å²) in [5.74, 6) is -1.16. The third-order valence-corrected chi connectivity index (χ3v) is 6.45. The van der Waals surface area contributed by atoms with E-state index >= 15 is 0 Å². The number of nitrogens with zero attached hydrogens (tertiary/aromatic N) is 6. The normalized spacial score (nSPS) is 15.6. The number of carboxylic acid groups (broad SMARTS) is 1. The summed E-state index contributed by atoms with van der Waals surface area (Å²) >= 11 is 0. The number of aromatic nitrogens is 5. The van der Waals surface area contributed by atoms with Gasteiger partial charge in [0, 0.05) is 18.3 Å². The van der Waals surface area contributed by atoms with Gasteiger partial charge in [-0.15, -0.1) is 0 Å². The number of aromatic carboxylic acids is 1. The molecule has 1 aliphatic heterocycles. The molecule has 3 aromatic heterocycles. The molecule has 0 bridgehead atoms. The van der Waals surface area contributed by atoms with Gasteiger partial charge in [0.1, 0.15) is 29.3 Å². The molecule has 5 aromatic rings. The first-order valence-electron chi connectivity index (χ1n) is 11.2. The molecule has 4 heterocycles. The van der Waals surface area contributed by atoms with Gasteiger partial charge < -0.3 is 15.0 Å². The maximum atomic E-state index is 14.5. The summed E-state index contributed by atoms with van der Waals surface area (Å²) in [6, 6.07) is 9.58. The number of carbonyl (C=O) groups is 1.